The Kier molecular flexibility index (Phi) is 8.37. The summed E-state index contributed by atoms with van der Waals surface area (Å²) in [6.45, 7) is 2.51. The maximum Gasteiger partial charge on any atom is 0.243 e. The Morgan fingerprint density at radius 3 is 2.31 bits per heavy atom. The SMILES string of the molecule is CCC(=O)N(Cc1ccc(OC)cc1)[C@@H](Cc1ccccc1)C(=O)NCc1cccnc1. The minimum absolute atomic E-state index is 0.0710. The summed E-state index contributed by atoms with van der Waals surface area (Å²) in [5.74, 6) is 0.489. The van der Waals surface area contributed by atoms with Gasteiger partial charge < -0.3 is 15.0 Å². The van der Waals surface area contributed by atoms with Crippen molar-refractivity contribution in [2.45, 2.75) is 38.9 Å². The Morgan fingerprint density at radius 1 is 0.969 bits per heavy atom. The zero-order chi connectivity index (χ0) is 22.8. The number of hydrogen-bond acceptors (Lipinski definition) is 4. The van der Waals surface area contributed by atoms with E-state index in [-0.39, 0.29) is 11.8 Å². The molecule has 32 heavy (non-hydrogen) atoms. The standard InChI is InChI=1S/C26H29N3O3/c1-3-25(30)29(19-21-11-13-23(32-2)14-12-21)24(16-20-8-5-4-6-9-20)26(31)28-18-22-10-7-15-27-17-22/h4-15,17,24H,3,16,18-19H2,1-2H3,(H,28,31)/t24-/m0/s1. The van der Waals surface area contributed by atoms with Crippen molar-refractivity contribution in [2.24, 2.45) is 0 Å². The van der Waals surface area contributed by atoms with Crippen LogP contribution in [0.25, 0.3) is 0 Å². The maximum atomic E-state index is 13.3. The lowest BCUT2D eigenvalue weighted by Crippen LogP contribution is -2.50. The molecule has 1 atom stereocenters. The number of methoxy groups -OCH3 is 1. The van der Waals surface area contributed by atoms with Crippen LogP contribution in [-0.4, -0.2) is 34.8 Å². The number of nitrogens with one attached hydrogen (secondary N) is 1. The quantitative estimate of drug-likeness (QED) is 0.531. The third kappa shape index (κ3) is 6.41. The first-order valence-electron chi connectivity index (χ1n) is 10.7. The molecule has 166 valence electrons. The molecule has 0 radical (unpaired) electrons. The topological polar surface area (TPSA) is 71.5 Å². The van der Waals surface area contributed by atoms with E-state index >= 15 is 0 Å². The van der Waals surface area contributed by atoms with Crippen molar-refractivity contribution in [3.05, 3.63) is 95.8 Å². The summed E-state index contributed by atoms with van der Waals surface area (Å²) < 4.78 is 5.23. The van der Waals surface area contributed by atoms with Gasteiger partial charge in [-0.1, -0.05) is 55.5 Å². The molecule has 0 aliphatic heterocycles. The third-order valence-corrected chi connectivity index (χ3v) is 5.28. The van der Waals surface area contributed by atoms with Gasteiger partial charge in [-0.2, -0.15) is 0 Å². The summed E-state index contributed by atoms with van der Waals surface area (Å²) in [4.78, 5) is 32.1. The normalized spacial score (nSPS) is 11.4. The van der Waals surface area contributed by atoms with E-state index in [9.17, 15) is 9.59 Å². The van der Waals surface area contributed by atoms with E-state index in [1.165, 1.54) is 0 Å². The molecule has 3 rings (SSSR count). The van der Waals surface area contributed by atoms with Crippen LogP contribution in [0.2, 0.25) is 0 Å². The fourth-order valence-electron chi connectivity index (χ4n) is 3.49. The minimum atomic E-state index is -0.636. The predicted molar refractivity (Wildman–Crippen MR) is 124 cm³/mol. The number of rotatable bonds is 10. The average Bonchev–Trinajstić information content (AvgIpc) is 2.85. The van der Waals surface area contributed by atoms with E-state index in [4.69, 9.17) is 4.74 Å². The van der Waals surface area contributed by atoms with Gasteiger partial charge in [0.25, 0.3) is 0 Å². The van der Waals surface area contributed by atoms with Crippen molar-refractivity contribution in [2.75, 3.05) is 7.11 Å². The highest BCUT2D eigenvalue weighted by Crippen LogP contribution is 2.18. The number of carbonyl (C=O) groups excluding carboxylic acids is 2. The molecule has 1 N–H and O–H groups in total. The highest BCUT2D eigenvalue weighted by Gasteiger charge is 2.29. The van der Waals surface area contributed by atoms with Crippen LogP contribution in [0, 0.1) is 0 Å². The van der Waals surface area contributed by atoms with Crippen LogP contribution < -0.4 is 10.1 Å². The van der Waals surface area contributed by atoms with E-state index in [1.54, 1.807) is 24.4 Å². The second-order valence-corrected chi connectivity index (χ2v) is 7.51. The molecule has 0 aliphatic rings. The highest BCUT2D eigenvalue weighted by molar-refractivity contribution is 5.87. The molecule has 6 heteroatoms. The fraction of sp³-hybridized carbons (Fsp3) is 0.269. The van der Waals surface area contributed by atoms with Gasteiger partial charge in [0.1, 0.15) is 11.8 Å². The molecule has 0 fully saturated rings. The van der Waals surface area contributed by atoms with Gasteiger partial charge in [0.15, 0.2) is 0 Å². The maximum absolute atomic E-state index is 13.3. The third-order valence-electron chi connectivity index (χ3n) is 5.28. The van der Waals surface area contributed by atoms with Gasteiger partial charge in [-0.05, 0) is 34.9 Å². The number of hydrogen-bond donors (Lipinski definition) is 1. The molecular weight excluding hydrogens is 402 g/mol. The van der Waals surface area contributed by atoms with Gasteiger partial charge in [-0.3, -0.25) is 14.6 Å². The summed E-state index contributed by atoms with van der Waals surface area (Å²) in [6, 6.07) is 20.4. The number of benzene rings is 2. The number of nitrogens with zero attached hydrogens (tertiary/aromatic N) is 2. The van der Waals surface area contributed by atoms with Crippen molar-refractivity contribution in [1.82, 2.24) is 15.2 Å². The van der Waals surface area contributed by atoms with Crippen LogP contribution in [-0.2, 0) is 29.1 Å². The van der Waals surface area contributed by atoms with Crippen molar-refractivity contribution in [1.29, 1.82) is 0 Å². The molecule has 2 amide bonds. The lowest BCUT2D eigenvalue weighted by atomic mass is 10.0. The number of aromatic nitrogens is 1. The summed E-state index contributed by atoms with van der Waals surface area (Å²) in [5, 5.41) is 2.99. The zero-order valence-corrected chi connectivity index (χ0v) is 18.5. The molecule has 0 saturated heterocycles. The van der Waals surface area contributed by atoms with Crippen LogP contribution in [0.15, 0.2) is 79.1 Å². The van der Waals surface area contributed by atoms with Crippen molar-refractivity contribution in [3.63, 3.8) is 0 Å². The molecule has 0 bridgehead atoms. The van der Waals surface area contributed by atoms with Gasteiger partial charge in [0.05, 0.1) is 7.11 Å². The van der Waals surface area contributed by atoms with E-state index in [0.717, 1.165) is 22.4 Å². The van der Waals surface area contributed by atoms with Crippen LogP contribution in [0.3, 0.4) is 0 Å². The summed E-state index contributed by atoms with van der Waals surface area (Å²) in [7, 11) is 1.62. The van der Waals surface area contributed by atoms with Gasteiger partial charge in [-0.25, -0.2) is 0 Å². The molecule has 0 saturated carbocycles. The Bertz CT molecular complexity index is 992. The van der Waals surface area contributed by atoms with Gasteiger partial charge in [-0.15, -0.1) is 0 Å². The summed E-state index contributed by atoms with van der Waals surface area (Å²) in [5.41, 5.74) is 2.84. The Hall–Kier alpha value is -3.67. The Morgan fingerprint density at radius 2 is 1.69 bits per heavy atom. The molecule has 0 unspecified atom stereocenters. The first-order valence-corrected chi connectivity index (χ1v) is 10.7. The van der Waals surface area contributed by atoms with Crippen molar-refractivity contribution >= 4 is 11.8 Å². The largest absolute Gasteiger partial charge is 0.497 e. The molecule has 0 aliphatic carbocycles. The molecule has 1 aromatic heterocycles. The fourth-order valence-corrected chi connectivity index (χ4v) is 3.49. The predicted octanol–water partition coefficient (Wildman–Crippen LogP) is 3.76. The Balaban J connectivity index is 1.85. The molecule has 6 nitrogen and oxygen atoms in total. The van der Waals surface area contributed by atoms with E-state index in [1.807, 2.05) is 73.7 Å². The molecule has 3 aromatic rings. The number of pyridine rings is 1. The Labute approximate surface area is 189 Å². The minimum Gasteiger partial charge on any atom is -0.497 e. The van der Waals surface area contributed by atoms with Crippen LogP contribution >= 0.6 is 0 Å². The molecule has 2 aromatic carbocycles. The number of amides is 2. The molecule has 1 heterocycles. The van der Waals surface area contributed by atoms with Crippen LogP contribution in [0.1, 0.15) is 30.0 Å². The van der Waals surface area contributed by atoms with Gasteiger partial charge >= 0.3 is 0 Å². The highest BCUT2D eigenvalue weighted by atomic mass is 16.5. The van der Waals surface area contributed by atoms with E-state index in [0.29, 0.717) is 25.9 Å². The molecular formula is C26H29N3O3. The lowest BCUT2D eigenvalue weighted by molar-refractivity contribution is -0.141. The van der Waals surface area contributed by atoms with Crippen molar-refractivity contribution < 1.29 is 14.3 Å². The first-order chi connectivity index (χ1) is 15.6. The summed E-state index contributed by atoms with van der Waals surface area (Å²) in [6.07, 6.45) is 4.16. The van der Waals surface area contributed by atoms with Crippen LogP contribution in [0.5, 0.6) is 5.75 Å². The van der Waals surface area contributed by atoms with E-state index in [2.05, 4.69) is 10.3 Å². The average molecular weight is 432 g/mol. The first kappa shape index (κ1) is 23.0. The van der Waals surface area contributed by atoms with Gasteiger partial charge in [0.2, 0.25) is 11.8 Å². The van der Waals surface area contributed by atoms with Crippen molar-refractivity contribution in [3.8, 4) is 5.75 Å². The second-order valence-electron chi connectivity index (χ2n) is 7.51. The second kappa shape index (κ2) is 11.6. The zero-order valence-electron chi connectivity index (χ0n) is 18.5. The monoisotopic (exact) mass is 431 g/mol. The smallest absolute Gasteiger partial charge is 0.243 e. The van der Waals surface area contributed by atoms with E-state index < -0.39 is 6.04 Å². The summed E-state index contributed by atoms with van der Waals surface area (Å²) >= 11 is 0. The number of ether oxygens (including phenoxy) is 1. The van der Waals surface area contributed by atoms with Gasteiger partial charge in [0, 0.05) is 38.3 Å². The molecule has 0 spiro atoms. The van der Waals surface area contributed by atoms with Crippen LogP contribution in [0.4, 0.5) is 0 Å². The lowest BCUT2D eigenvalue weighted by Gasteiger charge is -2.31. The number of carbonyl (C=O) groups is 2.